The van der Waals surface area contributed by atoms with Gasteiger partial charge < -0.3 is 11.1 Å². The van der Waals surface area contributed by atoms with Gasteiger partial charge in [-0.1, -0.05) is 41.9 Å². The number of hydrogen-bond donors (Lipinski definition) is 2. The Kier molecular flexibility index (Phi) is 6.21. The van der Waals surface area contributed by atoms with Crippen LogP contribution in [0, 0.1) is 6.92 Å². The molecule has 0 aliphatic heterocycles. The zero-order valence-electron chi connectivity index (χ0n) is 14.5. The van der Waals surface area contributed by atoms with Gasteiger partial charge in [-0.15, -0.1) is 23.1 Å². The summed E-state index contributed by atoms with van der Waals surface area (Å²) >= 11 is 8.62. The van der Waals surface area contributed by atoms with E-state index in [4.69, 9.17) is 17.3 Å². The van der Waals surface area contributed by atoms with Crippen molar-refractivity contribution in [2.24, 2.45) is 5.73 Å². The van der Waals surface area contributed by atoms with Gasteiger partial charge >= 0.3 is 0 Å². The van der Waals surface area contributed by atoms with E-state index in [1.165, 1.54) is 23.1 Å². The second-order valence-electron chi connectivity index (χ2n) is 5.76. The van der Waals surface area contributed by atoms with E-state index in [-0.39, 0.29) is 11.7 Å². The number of amides is 2. The SMILES string of the molecule is Cc1sc(NC(=O)CSc2ccc(Cl)cc2)c(C(N)=O)c1-c1ccccc1. The zero-order valence-corrected chi connectivity index (χ0v) is 16.9. The van der Waals surface area contributed by atoms with Gasteiger partial charge in [0, 0.05) is 20.4 Å². The van der Waals surface area contributed by atoms with Crippen LogP contribution in [0.15, 0.2) is 59.5 Å². The Morgan fingerprint density at radius 3 is 2.41 bits per heavy atom. The lowest BCUT2D eigenvalue weighted by atomic mass is 10.0. The summed E-state index contributed by atoms with van der Waals surface area (Å²) in [5.41, 5.74) is 7.65. The third kappa shape index (κ3) is 4.71. The fraction of sp³-hybridized carbons (Fsp3) is 0.100. The summed E-state index contributed by atoms with van der Waals surface area (Å²) < 4.78 is 0. The maximum Gasteiger partial charge on any atom is 0.252 e. The monoisotopic (exact) mass is 416 g/mol. The summed E-state index contributed by atoms with van der Waals surface area (Å²) in [6.07, 6.45) is 0. The topological polar surface area (TPSA) is 72.2 Å². The normalized spacial score (nSPS) is 10.6. The Hall–Kier alpha value is -2.28. The molecule has 0 spiro atoms. The van der Waals surface area contributed by atoms with Crippen LogP contribution in [-0.4, -0.2) is 17.6 Å². The van der Waals surface area contributed by atoms with Crippen molar-refractivity contribution in [3.8, 4) is 11.1 Å². The minimum atomic E-state index is -0.557. The van der Waals surface area contributed by atoms with Crippen molar-refractivity contribution >= 4 is 51.5 Å². The van der Waals surface area contributed by atoms with E-state index in [1.807, 2.05) is 49.4 Å². The molecule has 0 atom stereocenters. The lowest BCUT2D eigenvalue weighted by molar-refractivity contribution is -0.113. The number of primary amides is 1. The molecule has 0 fully saturated rings. The second kappa shape index (κ2) is 8.61. The highest BCUT2D eigenvalue weighted by Crippen LogP contribution is 2.39. The Morgan fingerprint density at radius 2 is 1.78 bits per heavy atom. The number of carbonyl (C=O) groups excluding carboxylic acids is 2. The van der Waals surface area contributed by atoms with Crippen LogP contribution >= 0.6 is 34.7 Å². The molecule has 3 N–H and O–H groups in total. The fourth-order valence-corrected chi connectivity index (χ4v) is 4.58. The van der Waals surface area contributed by atoms with Gasteiger partial charge in [-0.2, -0.15) is 0 Å². The molecule has 3 rings (SSSR count). The van der Waals surface area contributed by atoms with Gasteiger partial charge in [-0.3, -0.25) is 9.59 Å². The quantitative estimate of drug-likeness (QED) is 0.542. The molecular formula is C20H17ClN2O2S2. The van der Waals surface area contributed by atoms with Crippen molar-refractivity contribution < 1.29 is 9.59 Å². The van der Waals surface area contributed by atoms with Crippen molar-refractivity contribution in [1.82, 2.24) is 0 Å². The Morgan fingerprint density at radius 1 is 1.11 bits per heavy atom. The van der Waals surface area contributed by atoms with E-state index in [9.17, 15) is 9.59 Å². The van der Waals surface area contributed by atoms with E-state index in [2.05, 4.69) is 5.32 Å². The zero-order chi connectivity index (χ0) is 19.4. The van der Waals surface area contributed by atoms with E-state index in [1.54, 1.807) is 12.1 Å². The fourth-order valence-electron chi connectivity index (χ4n) is 2.66. The number of thiophene rings is 1. The molecule has 1 aromatic heterocycles. The first-order valence-electron chi connectivity index (χ1n) is 8.12. The molecule has 1 heterocycles. The molecule has 0 bridgehead atoms. The van der Waals surface area contributed by atoms with E-state index < -0.39 is 5.91 Å². The number of anilines is 1. The van der Waals surface area contributed by atoms with Crippen molar-refractivity contribution in [1.29, 1.82) is 0 Å². The van der Waals surface area contributed by atoms with E-state index >= 15 is 0 Å². The van der Waals surface area contributed by atoms with Gasteiger partial charge in [0.25, 0.3) is 5.91 Å². The molecule has 4 nitrogen and oxygen atoms in total. The van der Waals surface area contributed by atoms with Gasteiger partial charge in [0.05, 0.1) is 11.3 Å². The molecular weight excluding hydrogens is 400 g/mol. The smallest absolute Gasteiger partial charge is 0.252 e. The molecule has 27 heavy (non-hydrogen) atoms. The number of aryl methyl sites for hydroxylation is 1. The number of nitrogens with one attached hydrogen (secondary N) is 1. The van der Waals surface area contributed by atoms with E-state index in [0.29, 0.717) is 15.6 Å². The Balaban J connectivity index is 1.79. The van der Waals surface area contributed by atoms with E-state index in [0.717, 1.165) is 20.9 Å². The molecule has 0 saturated carbocycles. The molecule has 2 amide bonds. The molecule has 0 aliphatic carbocycles. The number of thioether (sulfide) groups is 1. The molecule has 2 aromatic carbocycles. The van der Waals surface area contributed by atoms with Crippen molar-refractivity contribution in [2.45, 2.75) is 11.8 Å². The van der Waals surface area contributed by atoms with Crippen molar-refractivity contribution in [2.75, 3.05) is 11.1 Å². The number of nitrogens with two attached hydrogens (primary N) is 1. The van der Waals surface area contributed by atoms with Crippen LogP contribution in [0.4, 0.5) is 5.00 Å². The van der Waals surface area contributed by atoms with Gasteiger partial charge in [-0.05, 0) is 36.8 Å². The third-order valence-corrected chi connectivity index (χ3v) is 6.11. The molecule has 3 aromatic rings. The average molecular weight is 417 g/mol. The first-order chi connectivity index (χ1) is 13.0. The molecule has 0 unspecified atom stereocenters. The van der Waals surface area contributed by atoms with Crippen LogP contribution < -0.4 is 11.1 Å². The van der Waals surface area contributed by atoms with Crippen LogP contribution in [0.5, 0.6) is 0 Å². The van der Waals surface area contributed by atoms with Gasteiger partial charge in [0.1, 0.15) is 5.00 Å². The number of carbonyl (C=O) groups is 2. The first-order valence-corrected chi connectivity index (χ1v) is 10.3. The minimum absolute atomic E-state index is 0.196. The molecule has 0 aliphatic rings. The summed E-state index contributed by atoms with van der Waals surface area (Å²) in [5, 5.41) is 3.97. The van der Waals surface area contributed by atoms with Crippen molar-refractivity contribution in [3.05, 3.63) is 70.1 Å². The highest BCUT2D eigenvalue weighted by molar-refractivity contribution is 8.00. The summed E-state index contributed by atoms with van der Waals surface area (Å²) in [6, 6.07) is 16.8. The minimum Gasteiger partial charge on any atom is -0.365 e. The van der Waals surface area contributed by atoms with Crippen molar-refractivity contribution in [3.63, 3.8) is 0 Å². The van der Waals surface area contributed by atoms with Gasteiger partial charge in [0.15, 0.2) is 0 Å². The van der Waals surface area contributed by atoms with Crippen LogP contribution in [0.2, 0.25) is 5.02 Å². The number of benzene rings is 2. The molecule has 0 radical (unpaired) electrons. The first kappa shape index (κ1) is 19.5. The third-order valence-electron chi connectivity index (χ3n) is 3.83. The Labute approximate surface area is 170 Å². The van der Waals surface area contributed by atoms with Crippen LogP contribution in [-0.2, 0) is 4.79 Å². The van der Waals surface area contributed by atoms with Gasteiger partial charge in [-0.25, -0.2) is 0 Å². The second-order valence-corrected chi connectivity index (χ2v) is 8.47. The maximum atomic E-state index is 12.4. The highest BCUT2D eigenvalue weighted by atomic mass is 35.5. The van der Waals surface area contributed by atoms with Crippen LogP contribution in [0.3, 0.4) is 0 Å². The van der Waals surface area contributed by atoms with Crippen LogP contribution in [0.25, 0.3) is 11.1 Å². The Bertz CT molecular complexity index is 970. The lowest BCUT2D eigenvalue weighted by Crippen LogP contribution is -2.18. The summed E-state index contributed by atoms with van der Waals surface area (Å²) in [6.45, 7) is 1.91. The summed E-state index contributed by atoms with van der Waals surface area (Å²) in [7, 11) is 0. The molecule has 138 valence electrons. The molecule has 7 heteroatoms. The lowest BCUT2D eigenvalue weighted by Gasteiger charge is -2.07. The standard InChI is InChI=1S/C20H17ClN2O2S2/c1-12-17(13-5-3-2-4-6-13)18(19(22)25)20(27-12)23-16(24)11-26-15-9-7-14(21)8-10-15/h2-10H,11H2,1H3,(H2,22,25)(H,23,24). The number of rotatable bonds is 6. The number of halogens is 1. The largest absolute Gasteiger partial charge is 0.365 e. The van der Waals surface area contributed by atoms with Crippen LogP contribution in [0.1, 0.15) is 15.2 Å². The summed E-state index contributed by atoms with van der Waals surface area (Å²) in [4.78, 5) is 26.3. The predicted molar refractivity (Wildman–Crippen MR) is 114 cm³/mol. The van der Waals surface area contributed by atoms with Gasteiger partial charge in [0.2, 0.25) is 5.91 Å². The number of hydrogen-bond acceptors (Lipinski definition) is 4. The maximum absolute atomic E-state index is 12.4. The predicted octanol–water partition coefficient (Wildman–Crippen LogP) is 5.21. The summed E-state index contributed by atoms with van der Waals surface area (Å²) in [5.74, 6) is -0.533. The highest BCUT2D eigenvalue weighted by Gasteiger charge is 2.22. The molecule has 0 saturated heterocycles. The average Bonchev–Trinajstić information content (AvgIpc) is 2.98.